The van der Waals surface area contributed by atoms with Crippen molar-refractivity contribution >= 4 is 0 Å². The van der Waals surface area contributed by atoms with Crippen LogP contribution in [0.2, 0.25) is 0 Å². The molecule has 0 aromatic carbocycles. The second-order valence-electron chi connectivity index (χ2n) is 3.55. The number of unbranched alkanes of at least 4 members (excludes halogenated alkanes) is 8. The summed E-state index contributed by atoms with van der Waals surface area (Å²) in [6, 6.07) is 0. The highest BCUT2D eigenvalue weighted by atomic mass is 35.5. The van der Waals surface area contributed by atoms with Crippen LogP contribution in [-0.4, -0.2) is 0 Å². The Hall–Kier alpha value is 0.240. The molecule has 16 heavy (non-hydrogen) atoms. The Labute approximate surface area is 115 Å². The van der Waals surface area contributed by atoms with Crippen LogP contribution in [-0.2, 0) is 0 Å². The fourth-order valence-corrected chi connectivity index (χ4v) is 1.42. The van der Waals surface area contributed by atoms with Crippen molar-refractivity contribution < 1.29 is 24.8 Å². The van der Waals surface area contributed by atoms with Crippen LogP contribution in [0, 0.1) is 0 Å². The van der Waals surface area contributed by atoms with Crippen molar-refractivity contribution in [2.45, 2.75) is 64.7 Å². The molecule has 0 spiro atoms. The fraction of sp³-hybridized carbons (Fsp3) is 0.833. The summed E-state index contributed by atoms with van der Waals surface area (Å²) in [7, 11) is 0. The lowest BCUT2D eigenvalue weighted by Gasteiger charge is -1.99. The van der Waals surface area contributed by atoms with Gasteiger partial charge in [-0.1, -0.05) is 57.9 Å². The predicted molar refractivity (Wildman–Crippen MR) is 69.4 cm³/mol. The predicted octanol–water partition coefficient (Wildman–Crippen LogP) is -0.536. The van der Waals surface area contributed by atoms with Gasteiger partial charge >= 0.3 is 0 Å². The van der Waals surface area contributed by atoms with Gasteiger partial charge < -0.3 is 37.1 Å². The Morgan fingerprint density at radius 3 is 1.50 bits per heavy atom. The van der Waals surface area contributed by atoms with Crippen molar-refractivity contribution in [2.75, 3.05) is 0 Å². The summed E-state index contributed by atoms with van der Waals surface area (Å²) in [5.74, 6) is 0. The lowest BCUT2D eigenvalue weighted by Crippen LogP contribution is -3.00. The van der Waals surface area contributed by atoms with Crippen molar-refractivity contribution in [3.8, 4) is 0 Å². The van der Waals surface area contributed by atoms with Crippen molar-refractivity contribution in [3.63, 3.8) is 0 Å². The number of quaternary nitrogens is 2. The minimum atomic E-state index is 0. The van der Waals surface area contributed by atoms with Gasteiger partial charge in [0.15, 0.2) is 0 Å². The third-order valence-electron chi connectivity index (χ3n) is 2.26. The van der Waals surface area contributed by atoms with Gasteiger partial charge in [-0.25, -0.2) is 0 Å². The number of hydrogen-bond acceptors (Lipinski definition) is 0. The topological polar surface area (TPSA) is 73.0 Å². The summed E-state index contributed by atoms with van der Waals surface area (Å²) in [6.45, 7) is 5.99. The number of halogens is 2. The van der Waals surface area contributed by atoms with Crippen LogP contribution < -0.4 is 37.1 Å². The molecule has 0 aliphatic heterocycles. The molecule has 8 N–H and O–H groups in total. The van der Waals surface area contributed by atoms with Crippen molar-refractivity contribution in [1.82, 2.24) is 12.3 Å². The first-order chi connectivity index (χ1) is 5.91. The molecule has 0 amide bonds. The second kappa shape index (κ2) is 29.5. The molecule has 0 aliphatic rings. The number of rotatable bonds is 9. The van der Waals surface area contributed by atoms with Crippen molar-refractivity contribution in [1.29, 1.82) is 0 Å². The fourth-order valence-electron chi connectivity index (χ4n) is 1.42. The molecule has 0 unspecified atom stereocenters. The Morgan fingerprint density at radius 2 is 1.12 bits per heavy atom. The molecule has 0 aromatic heterocycles. The summed E-state index contributed by atoms with van der Waals surface area (Å²) >= 11 is 0. The molecule has 104 valence electrons. The third kappa shape index (κ3) is 29.2. The normalized spacial score (nSPS) is 7.56. The first-order valence-corrected chi connectivity index (χ1v) is 5.52. The highest BCUT2D eigenvalue weighted by molar-refractivity contribution is 4.65. The molecule has 0 bridgehead atoms. The number of hydrogen-bond donors (Lipinski definition) is 2. The molecule has 0 aliphatic carbocycles. The average Bonchev–Trinajstić information content (AvgIpc) is 2.10. The maximum atomic E-state index is 3.72. The van der Waals surface area contributed by atoms with Gasteiger partial charge in [0, 0.05) is 0 Å². The molecule has 0 aromatic rings. The van der Waals surface area contributed by atoms with E-state index >= 15 is 0 Å². The van der Waals surface area contributed by atoms with E-state index in [2.05, 4.69) is 13.5 Å². The zero-order valence-electron chi connectivity index (χ0n) is 11.4. The van der Waals surface area contributed by atoms with Gasteiger partial charge in [-0.2, -0.15) is 0 Å². The summed E-state index contributed by atoms with van der Waals surface area (Å²) in [6.07, 6.45) is 14.5. The van der Waals surface area contributed by atoms with Gasteiger partial charge in [0.25, 0.3) is 0 Å². The largest absolute Gasteiger partial charge is 1.00 e. The molecular formula is C12H32Cl2N2. The van der Waals surface area contributed by atoms with Gasteiger partial charge in [-0.3, -0.25) is 0 Å². The van der Waals surface area contributed by atoms with Gasteiger partial charge in [0.2, 0.25) is 0 Å². The SMILES string of the molecule is C=CCCCCCCCCCC.[Cl-].[Cl-].[NH4+].[NH4+]. The standard InChI is InChI=1S/C12H24.2ClH.2H3N/c1-3-5-7-9-11-12-10-8-6-4-2;;;;/h3H,1,4-12H2,2H3;2*1H;2*1H3. The van der Waals surface area contributed by atoms with Gasteiger partial charge in [-0.15, -0.1) is 6.58 Å². The molecule has 0 saturated carbocycles. The van der Waals surface area contributed by atoms with E-state index in [4.69, 9.17) is 0 Å². The Morgan fingerprint density at radius 1 is 0.750 bits per heavy atom. The second-order valence-corrected chi connectivity index (χ2v) is 3.55. The number of allylic oxidation sites excluding steroid dienone is 1. The molecular weight excluding hydrogens is 243 g/mol. The molecule has 0 heterocycles. The maximum absolute atomic E-state index is 3.72. The zero-order chi connectivity index (χ0) is 9.07. The summed E-state index contributed by atoms with van der Waals surface area (Å²) < 4.78 is 0. The van der Waals surface area contributed by atoms with Gasteiger partial charge in [0.05, 0.1) is 0 Å². The van der Waals surface area contributed by atoms with Crippen molar-refractivity contribution in [2.24, 2.45) is 0 Å². The minimum absolute atomic E-state index is 0. The van der Waals surface area contributed by atoms with Gasteiger partial charge in [0.1, 0.15) is 0 Å². The van der Waals surface area contributed by atoms with E-state index < -0.39 is 0 Å². The lowest BCUT2D eigenvalue weighted by atomic mass is 10.1. The zero-order valence-corrected chi connectivity index (χ0v) is 12.9. The summed E-state index contributed by atoms with van der Waals surface area (Å²) in [5.41, 5.74) is 0. The van der Waals surface area contributed by atoms with E-state index in [-0.39, 0.29) is 37.1 Å². The molecule has 0 atom stereocenters. The highest BCUT2D eigenvalue weighted by Gasteiger charge is 1.89. The van der Waals surface area contributed by atoms with Crippen molar-refractivity contribution in [3.05, 3.63) is 12.7 Å². The van der Waals surface area contributed by atoms with E-state index in [1.54, 1.807) is 0 Å². The molecule has 0 saturated heterocycles. The van der Waals surface area contributed by atoms with Crippen LogP contribution in [0.15, 0.2) is 12.7 Å². The van der Waals surface area contributed by atoms with Crippen LogP contribution in [0.3, 0.4) is 0 Å². The van der Waals surface area contributed by atoms with E-state index in [0.29, 0.717) is 0 Å². The first kappa shape index (κ1) is 29.9. The van der Waals surface area contributed by atoms with Crippen LogP contribution in [0.4, 0.5) is 0 Å². The van der Waals surface area contributed by atoms with E-state index in [9.17, 15) is 0 Å². The van der Waals surface area contributed by atoms with Crippen LogP contribution in [0.1, 0.15) is 64.7 Å². The minimum Gasteiger partial charge on any atom is -1.00 e. The quantitative estimate of drug-likeness (QED) is 0.419. The summed E-state index contributed by atoms with van der Waals surface area (Å²) in [4.78, 5) is 0. The summed E-state index contributed by atoms with van der Waals surface area (Å²) in [5, 5.41) is 0. The maximum Gasteiger partial charge on any atom is -0.0353 e. The monoisotopic (exact) mass is 274 g/mol. The van der Waals surface area contributed by atoms with Gasteiger partial charge in [-0.05, 0) is 12.8 Å². The molecule has 4 heteroatoms. The first-order valence-electron chi connectivity index (χ1n) is 5.52. The van der Waals surface area contributed by atoms with E-state index in [1.807, 2.05) is 6.08 Å². The van der Waals surface area contributed by atoms with E-state index in [0.717, 1.165) is 0 Å². The Balaban J connectivity index is -0.000000101. The lowest BCUT2D eigenvalue weighted by molar-refractivity contribution is -0.00100. The Bertz CT molecular complexity index is 101. The van der Waals surface area contributed by atoms with Crippen LogP contribution >= 0.6 is 0 Å². The van der Waals surface area contributed by atoms with E-state index in [1.165, 1.54) is 57.8 Å². The van der Waals surface area contributed by atoms with Crippen LogP contribution in [0.5, 0.6) is 0 Å². The molecule has 2 nitrogen and oxygen atoms in total. The molecule has 0 rings (SSSR count). The highest BCUT2D eigenvalue weighted by Crippen LogP contribution is 2.09. The Kier molecular flexibility index (Phi) is 55.0. The third-order valence-corrected chi connectivity index (χ3v) is 2.26. The molecule has 0 radical (unpaired) electrons. The molecule has 0 fully saturated rings. The average molecular weight is 275 g/mol. The smallest absolute Gasteiger partial charge is 0.0353 e. The van der Waals surface area contributed by atoms with Crippen LogP contribution in [0.25, 0.3) is 0 Å².